The van der Waals surface area contributed by atoms with Crippen molar-refractivity contribution in [3.63, 3.8) is 0 Å². The topological polar surface area (TPSA) is 29.1 Å². The first-order valence-electron chi connectivity index (χ1n) is 5.84. The van der Waals surface area contributed by atoms with Crippen molar-refractivity contribution in [2.75, 3.05) is 6.54 Å². The molecule has 0 spiro atoms. The number of alkyl halides is 1. The third-order valence-electron chi connectivity index (χ3n) is 2.50. The Bertz CT molecular complexity index is 390. The van der Waals surface area contributed by atoms with Crippen LogP contribution in [0.2, 0.25) is 5.02 Å². The highest BCUT2D eigenvalue weighted by Gasteiger charge is 2.11. The summed E-state index contributed by atoms with van der Waals surface area (Å²) in [4.78, 5) is 11.6. The molecule has 0 radical (unpaired) electrons. The van der Waals surface area contributed by atoms with Gasteiger partial charge in [-0.3, -0.25) is 4.79 Å². The van der Waals surface area contributed by atoms with Gasteiger partial charge in [0.15, 0.2) is 0 Å². The second kappa shape index (κ2) is 7.59. The minimum atomic E-state index is -0.452. The summed E-state index contributed by atoms with van der Waals surface area (Å²) < 4.78 is 13.4. The lowest BCUT2D eigenvalue weighted by molar-refractivity contribution is -0.120. The zero-order chi connectivity index (χ0) is 13.5. The highest BCUT2D eigenvalue weighted by atomic mass is 35.5. The fourth-order valence-electron chi connectivity index (χ4n) is 1.54. The molecule has 2 nitrogen and oxygen atoms in total. The van der Waals surface area contributed by atoms with E-state index in [1.54, 1.807) is 6.07 Å². The quantitative estimate of drug-likeness (QED) is 0.630. The first-order valence-corrected chi connectivity index (χ1v) is 6.65. The molecular weight excluding hydrogens is 276 g/mol. The highest BCUT2D eigenvalue weighted by molar-refractivity contribution is 6.31. The molecule has 0 aliphatic rings. The number of carbonyl (C=O) groups excluding carboxylic acids is 1. The highest BCUT2D eigenvalue weighted by Crippen LogP contribution is 2.19. The molecule has 1 rings (SSSR count). The summed E-state index contributed by atoms with van der Waals surface area (Å²) >= 11 is 11.6. The first kappa shape index (κ1) is 15.3. The molecule has 0 aliphatic carbocycles. The van der Waals surface area contributed by atoms with Crippen LogP contribution < -0.4 is 5.32 Å². The van der Waals surface area contributed by atoms with Crippen LogP contribution in [0.3, 0.4) is 0 Å². The van der Waals surface area contributed by atoms with Crippen LogP contribution in [0.4, 0.5) is 4.39 Å². The van der Waals surface area contributed by atoms with Crippen molar-refractivity contribution in [1.29, 1.82) is 0 Å². The zero-order valence-corrected chi connectivity index (χ0v) is 11.7. The maximum atomic E-state index is 13.4. The summed E-state index contributed by atoms with van der Waals surface area (Å²) in [5.41, 5.74) is 0.238. The van der Waals surface area contributed by atoms with Gasteiger partial charge in [0, 0.05) is 22.5 Å². The van der Waals surface area contributed by atoms with E-state index in [2.05, 4.69) is 5.32 Å². The van der Waals surface area contributed by atoms with Crippen LogP contribution in [0.15, 0.2) is 18.2 Å². The molecule has 5 heteroatoms. The Morgan fingerprint density at radius 3 is 2.83 bits per heavy atom. The van der Waals surface area contributed by atoms with Crippen LogP contribution in [-0.2, 0) is 11.2 Å². The predicted octanol–water partition coefficient (Wildman–Crippen LogP) is 3.55. The second-order valence-electron chi connectivity index (χ2n) is 4.15. The van der Waals surface area contributed by atoms with E-state index in [0.717, 1.165) is 12.8 Å². The number of hydrogen-bond acceptors (Lipinski definition) is 1. The van der Waals surface area contributed by atoms with Gasteiger partial charge in [0.1, 0.15) is 5.82 Å². The number of hydrogen-bond donors (Lipinski definition) is 1. The molecule has 0 heterocycles. The summed E-state index contributed by atoms with van der Waals surface area (Å²) in [6.07, 6.45) is 1.60. The number of amides is 1. The largest absolute Gasteiger partial charge is 0.356 e. The molecule has 0 saturated carbocycles. The average Bonchev–Trinajstić information content (AvgIpc) is 2.29. The van der Waals surface area contributed by atoms with Crippen molar-refractivity contribution in [1.82, 2.24) is 5.32 Å². The Labute approximate surface area is 116 Å². The summed E-state index contributed by atoms with van der Waals surface area (Å²) in [6, 6.07) is 4.38. The second-order valence-corrected chi connectivity index (χ2v) is 5.30. The summed E-state index contributed by atoms with van der Waals surface area (Å²) in [7, 11) is 0. The van der Waals surface area contributed by atoms with E-state index >= 15 is 0 Å². The Hall–Kier alpha value is -0.800. The molecule has 0 bridgehead atoms. The van der Waals surface area contributed by atoms with Crippen molar-refractivity contribution in [2.45, 2.75) is 31.6 Å². The van der Waals surface area contributed by atoms with Crippen molar-refractivity contribution < 1.29 is 9.18 Å². The Balaban J connectivity index is 2.40. The minimum Gasteiger partial charge on any atom is -0.356 e. The first-order chi connectivity index (χ1) is 8.50. The van der Waals surface area contributed by atoms with E-state index in [1.165, 1.54) is 12.1 Å². The smallest absolute Gasteiger partial charge is 0.224 e. The van der Waals surface area contributed by atoms with Gasteiger partial charge in [-0.2, -0.15) is 0 Å². The lowest BCUT2D eigenvalue weighted by atomic mass is 10.1. The number of halogens is 3. The lowest BCUT2D eigenvalue weighted by Gasteiger charge is -2.08. The van der Waals surface area contributed by atoms with E-state index < -0.39 is 5.82 Å². The number of benzene rings is 1. The van der Waals surface area contributed by atoms with Crippen molar-refractivity contribution in [3.8, 4) is 0 Å². The molecule has 1 amide bonds. The van der Waals surface area contributed by atoms with E-state index in [9.17, 15) is 9.18 Å². The van der Waals surface area contributed by atoms with Gasteiger partial charge in [-0.25, -0.2) is 4.39 Å². The van der Waals surface area contributed by atoms with E-state index in [0.29, 0.717) is 6.54 Å². The van der Waals surface area contributed by atoms with Crippen molar-refractivity contribution in [3.05, 3.63) is 34.6 Å². The zero-order valence-electron chi connectivity index (χ0n) is 10.2. The maximum Gasteiger partial charge on any atom is 0.224 e. The van der Waals surface area contributed by atoms with Crippen LogP contribution in [0.25, 0.3) is 0 Å². The molecule has 0 saturated heterocycles. The van der Waals surface area contributed by atoms with Crippen molar-refractivity contribution in [2.24, 2.45) is 0 Å². The molecule has 1 aromatic carbocycles. The third kappa shape index (κ3) is 5.23. The molecule has 1 aromatic rings. The normalized spacial score (nSPS) is 12.2. The van der Waals surface area contributed by atoms with Crippen LogP contribution >= 0.6 is 23.2 Å². The summed E-state index contributed by atoms with van der Waals surface area (Å²) in [5, 5.41) is 3.10. The molecule has 0 aromatic heterocycles. The lowest BCUT2D eigenvalue weighted by Crippen LogP contribution is -2.26. The number of rotatable bonds is 6. The van der Waals surface area contributed by atoms with Crippen LogP contribution in [-0.4, -0.2) is 17.8 Å². The van der Waals surface area contributed by atoms with E-state index in [1.807, 2.05) is 6.92 Å². The van der Waals surface area contributed by atoms with Gasteiger partial charge >= 0.3 is 0 Å². The molecule has 0 aliphatic heterocycles. The van der Waals surface area contributed by atoms with E-state index in [-0.39, 0.29) is 28.3 Å². The van der Waals surface area contributed by atoms with E-state index in [4.69, 9.17) is 23.2 Å². The number of carbonyl (C=O) groups is 1. The molecule has 1 atom stereocenters. The maximum absolute atomic E-state index is 13.4. The molecular formula is C13H16Cl2FNO. The number of nitrogens with one attached hydrogen (secondary N) is 1. The summed E-state index contributed by atoms with van der Waals surface area (Å²) in [5.74, 6) is -0.684. The van der Waals surface area contributed by atoms with Gasteiger partial charge in [0.05, 0.1) is 6.42 Å². The average molecular weight is 292 g/mol. The van der Waals surface area contributed by atoms with Gasteiger partial charge < -0.3 is 5.32 Å². The summed E-state index contributed by atoms with van der Waals surface area (Å²) in [6.45, 7) is 2.45. The Morgan fingerprint density at radius 1 is 1.50 bits per heavy atom. The van der Waals surface area contributed by atoms with Crippen molar-refractivity contribution >= 4 is 29.1 Å². The minimum absolute atomic E-state index is 0.0397. The van der Waals surface area contributed by atoms with Gasteiger partial charge in [-0.15, -0.1) is 11.6 Å². The molecule has 1 N–H and O–H groups in total. The predicted molar refractivity (Wildman–Crippen MR) is 72.7 cm³/mol. The Morgan fingerprint density at radius 2 is 2.22 bits per heavy atom. The van der Waals surface area contributed by atoms with Crippen LogP contribution in [0.5, 0.6) is 0 Å². The third-order valence-corrected chi connectivity index (χ3v) is 3.07. The van der Waals surface area contributed by atoms with Gasteiger partial charge in [-0.1, -0.05) is 17.7 Å². The SMILES string of the molecule is CC(Cl)CCCNC(=O)Cc1c(F)cccc1Cl. The fraction of sp³-hybridized carbons (Fsp3) is 0.462. The standard InChI is InChI=1S/C13H16Cl2FNO/c1-9(14)4-3-7-17-13(18)8-10-11(15)5-2-6-12(10)16/h2,5-6,9H,3-4,7-8H2,1H3,(H,17,18). The van der Waals surface area contributed by atoms with Gasteiger partial charge in [0.2, 0.25) is 5.91 Å². The molecule has 18 heavy (non-hydrogen) atoms. The van der Waals surface area contributed by atoms with Gasteiger partial charge in [-0.05, 0) is 31.9 Å². The fourth-order valence-corrected chi connectivity index (χ4v) is 1.92. The van der Waals surface area contributed by atoms with Crippen LogP contribution in [0.1, 0.15) is 25.3 Å². The monoisotopic (exact) mass is 291 g/mol. The molecule has 0 fully saturated rings. The van der Waals surface area contributed by atoms with Gasteiger partial charge in [0.25, 0.3) is 0 Å². The molecule has 1 unspecified atom stereocenters. The molecule has 100 valence electrons. The van der Waals surface area contributed by atoms with Crippen LogP contribution in [0, 0.1) is 5.82 Å². The Kier molecular flexibility index (Phi) is 6.44.